The second-order valence-corrected chi connectivity index (χ2v) is 5.05. The summed E-state index contributed by atoms with van der Waals surface area (Å²) in [6.45, 7) is 0. The zero-order valence-electron chi connectivity index (χ0n) is 12.5. The molecule has 0 saturated carbocycles. The van der Waals surface area contributed by atoms with Gasteiger partial charge in [0.15, 0.2) is 0 Å². The molecular weight excluding hydrogens is 318 g/mol. The highest BCUT2D eigenvalue weighted by Crippen LogP contribution is 2.32. The van der Waals surface area contributed by atoms with E-state index in [9.17, 15) is 0 Å². The van der Waals surface area contributed by atoms with Crippen molar-refractivity contribution in [3.05, 3.63) is 47.5 Å². The van der Waals surface area contributed by atoms with Crippen LogP contribution >= 0.6 is 11.6 Å². The van der Waals surface area contributed by atoms with Crippen molar-refractivity contribution in [1.82, 2.24) is 10.2 Å². The summed E-state index contributed by atoms with van der Waals surface area (Å²) in [6, 6.07) is 12.8. The fourth-order valence-electron chi connectivity index (χ4n) is 2.01. The van der Waals surface area contributed by atoms with E-state index in [1.165, 1.54) is 0 Å². The molecule has 0 amide bonds. The van der Waals surface area contributed by atoms with E-state index in [2.05, 4.69) is 15.5 Å². The average molecular weight is 332 g/mol. The van der Waals surface area contributed by atoms with Gasteiger partial charge >= 0.3 is 6.01 Å². The van der Waals surface area contributed by atoms with Gasteiger partial charge in [-0.05, 0) is 36.4 Å². The Hall–Kier alpha value is -2.73. The number of anilines is 2. The third-order valence-corrected chi connectivity index (χ3v) is 3.42. The zero-order chi connectivity index (χ0) is 16.2. The summed E-state index contributed by atoms with van der Waals surface area (Å²) in [7, 11) is 3.18. The van der Waals surface area contributed by atoms with E-state index in [1.807, 2.05) is 12.1 Å². The van der Waals surface area contributed by atoms with Gasteiger partial charge in [-0.3, -0.25) is 0 Å². The molecule has 6 nitrogen and oxygen atoms in total. The number of hydrogen-bond donors (Lipinski definition) is 1. The summed E-state index contributed by atoms with van der Waals surface area (Å²) in [4.78, 5) is 0. The molecule has 0 aliphatic heterocycles. The molecule has 1 aromatic heterocycles. The molecule has 0 atom stereocenters. The third-order valence-electron chi connectivity index (χ3n) is 3.16. The van der Waals surface area contributed by atoms with Crippen LogP contribution in [0.3, 0.4) is 0 Å². The smallest absolute Gasteiger partial charge is 0.320 e. The SMILES string of the molecule is COc1ccc(OC)c(Nc2nnc(-c3ccc(Cl)cc3)o2)c1. The first-order valence-electron chi connectivity index (χ1n) is 6.78. The number of halogens is 1. The molecule has 0 radical (unpaired) electrons. The summed E-state index contributed by atoms with van der Waals surface area (Å²) in [5.41, 5.74) is 1.45. The Balaban J connectivity index is 1.85. The molecule has 23 heavy (non-hydrogen) atoms. The third kappa shape index (κ3) is 3.37. The minimum absolute atomic E-state index is 0.251. The highest BCUT2D eigenvalue weighted by Gasteiger charge is 2.11. The molecule has 0 fully saturated rings. The fraction of sp³-hybridized carbons (Fsp3) is 0.125. The van der Waals surface area contributed by atoms with Crippen molar-refractivity contribution in [2.24, 2.45) is 0 Å². The van der Waals surface area contributed by atoms with Crippen LogP contribution in [0.25, 0.3) is 11.5 Å². The van der Waals surface area contributed by atoms with E-state index in [0.29, 0.717) is 28.1 Å². The summed E-state index contributed by atoms with van der Waals surface area (Å²) < 4.78 is 16.1. The van der Waals surface area contributed by atoms with E-state index < -0.39 is 0 Å². The molecule has 7 heteroatoms. The summed E-state index contributed by atoms with van der Waals surface area (Å²) in [6.07, 6.45) is 0. The van der Waals surface area contributed by atoms with E-state index in [1.54, 1.807) is 44.6 Å². The Bertz CT molecular complexity index is 803. The highest BCUT2D eigenvalue weighted by molar-refractivity contribution is 6.30. The number of aromatic nitrogens is 2. The van der Waals surface area contributed by atoms with Crippen LogP contribution in [0.1, 0.15) is 0 Å². The van der Waals surface area contributed by atoms with Gasteiger partial charge in [0.2, 0.25) is 5.89 Å². The normalized spacial score (nSPS) is 10.4. The Kier molecular flexibility index (Phi) is 4.34. The topological polar surface area (TPSA) is 69.4 Å². The molecule has 3 aromatic rings. The van der Waals surface area contributed by atoms with E-state index in [-0.39, 0.29) is 6.01 Å². The molecule has 0 unspecified atom stereocenters. The Morgan fingerprint density at radius 3 is 2.48 bits per heavy atom. The standard InChI is InChI=1S/C16H14ClN3O3/c1-21-12-7-8-14(22-2)13(9-12)18-16-20-19-15(23-16)10-3-5-11(17)6-4-10/h3-9H,1-2H3,(H,18,20). The van der Waals surface area contributed by atoms with Crippen molar-refractivity contribution in [1.29, 1.82) is 0 Å². The van der Waals surface area contributed by atoms with Crippen LogP contribution < -0.4 is 14.8 Å². The number of benzene rings is 2. The predicted octanol–water partition coefficient (Wildman–Crippen LogP) is 4.15. The number of hydrogen-bond acceptors (Lipinski definition) is 6. The van der Waals surface area contributed by atoms with Crippen LogP contribution in [0.5, 0.6) is 11.5 Å². The lowest BCUT2D eigenvalue weighted by molar-refractivity contribution is 0.404. The molecule has 2 aromatic carbocycles. The van der Waals surface area contributed by atoms with Crippen LogP contribution in [0.15, 0.2) is 46.9 Å². The maximum atomic E-state index is 5.87. The van der Waals surface area contributed by atoms with Gasteiger partial charge in [-0.1, -0.05) is 16.7 Å². The molecule has 3 rings (SSSR count). The van der Waals surface area contributed by atoms with Crippen LogP contribution in [-0.2, 0) is 0 Å². The molecular formula is C16H14ClN3O3. The highest BCUT2D eigenvalue weighted by atomic mass is 35.5. The number of methoxy groups -OCH3 is 2. The Morgan fingerprint density at radius 2 is 1.78 bits per heavy atom. The van der Waals surface area contributed by atoms with Crippen molar-refractivity contribution in [3.8, 4) is 23.0 Å². The molecule has 0 bridgehead atoms. The van der Waals surface area contributed by atoms with Crippen molar-refractivity contribution in [2.75, 3.05) is 19.5 Å². The minimum Gasteiger partial charge on any atom is -0.497 e. The van der Waals surface area contributed by atoms with Gasteiger partial charge in [0.1, 0.15) is 11.5 Å². The maximum absolute atomic E-state index is 5.87. The molecule has 0 aliphatic rings. The second-order valence-electron chi connectivity index (χ2n) is 4.61. The minimum atomic E-state index is 0.251. The Labute approximate surface area is 138 Å². The Morgan fingerprint density at radius 1 is 1.00 bits per heavy atom. The lowest BCUT2D eigenvalue weighted by Crippen LogP contribution is -1.95. The number of nitrogens with zero attached hydrogens (tertiary/aromatic N) is 2. The molecule has 118 valence electrons. The van der Waals surface area contributed by atoms with Gasteiger partial charge in [0.25, 0.3) is 0 Å². The van der Waals surface area contributed by atoms with Crippen molar-refractivity contribution < 1.29 is 13.9 Å². The first kappa shape index (κ1) is 15.2. The molecule has 1 N–H and O–H groups in total. The van der Waals surface area contributed by atoms with Crippen LogP contribution in [-0.4, -0.2) is 24.4 Å². The molecule has 0 saturated heterocycles. The van der Waals surface area contributed by atoms with Gasteiger partial charge in [-0.25, -0.2) is 0 Å². The van der Waals surface area contributed by atoms with E-state index in [0.717, 1.165) is 5.56 Å². The van der Waals surface area contributed by atoms with Gasteiger partial charge < -0.3 is 19.2 Å². The summed E-state index contributed by atoms with van der Waals surface area (Å²) in [5.74, 6) is 1.72. The fourth-order valence-corrected chi connectivity index (χ4v) is 2.14. The number of ether oxygens (including phenoxy) is 2. The second kappa shape index (κ2) is 6.58. The van der Waals surface area contributed by atoms with Crippen molar-refractivity contribution in [3.63, 3.8) is 0 Å². The van der Waals surface area contributed by atoms with Gasteiger partial charge in [-0.15, -0.1) is 5.10 Å². The van der Waals surface area contributed by atoms with E-state index >= 15 is 0 Å². The average Bonchev–Trinajstić information content (AvgIpc) is 3.04. The van der Waals surface area contributed by atoms with Gasteiger partial charge in [-0.2, -0.15) is 0 Å². The van der Waals surface area contributed by atoms with Crippen LogP contribution in [0.2, 0.25) is 5.02 Å². The van der Waals surface area contributed by atoms with Gasteiger partial charge in [0.05, 0.1) is 19.9 Å². The zero-order valence-corrected chi connectivity index (χ0v) is 13.3. The molecule has 0 spiro atoms. The number of nitrogens with one attached hydrogen (secondary N) is 1. The monoisotopic (exact) mass is 331 g/mol. The van der Waals surface area contributed by atoms with Crippen LogP contribution in [0.4, 0.5) is 11.7 Å². The summed E-state index contributed by atoms with van der Waals surface area (Å²) in [5, 5.41) is 11.7. The number of rotatable bonds is 5. The first-order valence-corrected chi connectivity index (χ1v) is 7.16. The molecule has 0 aliphatic carbocycles. The first-order chi connectivity index (χ1) is 11.2. The summed E-state index contributed by atoms with van der Waals surface area (Å²) >= 11 is 5.87. The maximum Gasteiger partial charge on any atom is 0.320 e. The van der Waals surface area contributed by atoms with Crippen molar-refractivity contribution in [2.45, 2.75) is 0 Å². The lowest BCUT2D eigenvalue weighted by atomic mass is 10.2. The van der Waals surface area contributed by atoms with E-state index in [4.69, 9.17) is 25.5 Å². The quantitative estimate of drug-likeness (QED) is 0.757. The largest absolute Gasteiger partial charge is 0.497 e. The van der Waals surface area contributed by atoms with Gasteiger partial charge in [0, 0.05) is 16.7 Å². The molecule has 1 heterocycles. The van der Waals surface area contributed by atoms with Crippen molar-refractivity contribution >= 4 is 23.3 Å². The van der Waals surface area contributed by atoms with Crippen LogP contribution in [0, 0.1) is 0 Å². The lowest BCUT2D eigenvalue weighted by Gasteiger charge is -2.09. The predicted molar refractivity (Wildman–Crippen MR) is 87.6 cm³/mol.